The molecule has 0 atom stereocenters. The number of amides is 2. The third-order valence-corrected chi connectivity index (χ3v) is 3.76. The van der Waals surface area contributed by atoms with Gasteiger partial charge in [-0.2, -0.15) is 0 Å². The second kappa shape index (κ2) is 10.2. The van der Waals surface area contributed by atoms with Gasteiger partial charge in [-0.15, -0.1) is 0 Å². The molecule has 138 valence electrons. The Morgan fingerprint density at radius 3 is 2.31 bits per heavy atom. The first-order chi connectivity index (χ1) is 12.6. The molecule has 6 heteroatoms. The van der Waals surface area contributed by atoms with Crippen molar-refractivity contribution >= 4 is 11.8 Å². The molecule has 0 radical (unpaired) electrons. The van der Waals surface area contributed by atoms with Crippen molar-refractivity contribution in [3.05, 3.63) is 54.6 Å². The molecule has 0 aliphatic rings. The average Bonchev–Trinajstić information content (AvgIpc) is 2.67. The second-order valence-electron chi connectivity index (χ2n) is 5.77. The van der Waals surface area contributed by atoms with Crippen molar-refractivity contribution in [2.45, 2.75) is 0 Å². The molecule has 2 aromatic rings. The molecule has 0 unspecified atom stereocenters. The van der Waals surface area contributed by atoms with Crippen molar-refractivity contribution in [1.82, 2.24) is 10.2 Å². The van der Waals surface area contributed by atoms with Crippen molar-refractivity contribution in [3.8, 4) is 16.9 Å². The van der Waals surface area contributed by atoms with E-state index >= 15 is 0 Å². The third kappa shape index (κ3) is 6.22. The number of nitrogens with one attached hydrogen (secondary N) is 1. The highest BCUT2D eigenvalue weighted by atomic mass is 16.5. The molecule has 0 spiro atoms. The van der Waals surface area contributed by atoms with Crippen LogP contribution in [0.25, 0.3) is 11.1 Å². The lowest BCUT2D eigenvalue weighted by molar-refractivity contribution is -0.136. The Morgan fingerprint density at radius 2 is 1.65 bits per heavy atom. The van der Waals surface area contributed by atoms with E-state index in [1.807, 2.05) is 54.6 Å². The summed E-state index contributed by atoms with van der Waals surface area (Å²) in [6.45, 7) is 0.721. The quantitative estimate of drug-likeness (QED) is 0.698. The van der Waals surface area contributed by atoms with Crippen LogP contribution in [-0.2, 0) is 14.3 Å². The molecular weight excluding hydrogens is 332 g/mol. The predicted octanol–water partition coefficient (Wildman–Crippen LogP) is 1.95. The van der Waals surface area contributed by atoms with E-state index in [9.17, 15) is 9.59 Å². The van der Waals surface area contributed by atoms with Crippen molar-refractivity contribution in [2.75, 3.05) is 40.5 Å². The number of carbonyl (C=O) groups is 2. The highest BCUT2D eigenvalue weighted by Gasteiger charge is 2.13. The Labute approximate surface area is 153 Å². The number of likely N-dealkylation sites (N-methyl/N-ethyl adjacent to an activating group) is 1. The van der Waals surface area contributed by atoms with Crippen LogP contribution >= 0.6 is 0 Å². The first-order valence-electron chi connectivity index (χ1n) is 8.38. The van der Waals surface area contributed by atoms with Gasteiger partial charge in [0.05, 0.1) is 13.2 Å². The fourth-order valence-electron chi connectivity index (χ4n) is 2.28. The van der Waals surface area contributed by atoms with Crippen LogP contribution < -0.4 is 10.1 Å². The third-order valence-electron chi connectivity index (χ3n) is 3.76. The number of benzene rings is 2. The molecule has 0 bridgehead atoms. The van der Waals surface area contributed by atoms with Crippen molar-refractivity contribution in [3.63, 3.8) is 0 Å². The van der Waals surface area contributed by atoms with E-state index in [1.54, 1.807) is 14.2 Å². The van der Waals surface area contributed by atoms with E-state index in [4.69, 9.17) is 9.47 Å². The highest BCUT2D eigenvalue weighted by molar-refractivity contribution is 5.85. The molecule has 1 N–H and O–H groups in total. The van der Waals surface area contributed by atoms with Crippen LogP contribution in [-0.4, -0.2) is 57.2 Å². The Hall–Kier alpha value is -2.86. The fraction of sp³-hybridized carbons (Fsp3) is 0.300. The summed E-state index contributed by atoms with van der Waals surface area (Å²) in [6.07, 6.45) is 0. The summed E-state index contributed by atoms with van der Waals surface area (Å²) < 4.78 is 10.4. The topological polar surface area (TPSA) is 67.9 Å². The zero-order valence-electron chi connectivity index (χ0n) is 15.1. The van der Waals surface area contributed by atoms with Gasteiger partial charge in [0, 0.05) is 20.7 Å². The zero-order chi connectivity index (χ0) is 18.8. The van der Waals surface area contributed by atoms with Crippen LogP contribution in [0.3, 0.4) is 0 Å². The number of carbonyl (C=O) groups excluding carboxylic acids is 2. The van der Waals surface area contributed by atoms with Gasteiger partial charge in [0.15, 0.2) is 6.61 Å². The first kappa shape index (κ1) is 19.5. The lowest BCUT2D eigenvalue weighted by Crippen LogP contribution is -2.41. The summed E-state index contributed by atoms with van der Waals surface area (Å²) in [4.78, 5) is 25.1. The van der Waals surface area contributed by atoms with E-state index in [0.717, 1.165) is 11.1 Å². The van der Waals surface area contributed by atoms with E-state index in [2.05, 4.69) is 5.32 Å². The minimum atomic E-state index is -0.265. The number of ether oxygens (including phenoxy) is 2. The molecule has 26 heavy (non-hydrogen) atoms. The number of rotatable bonds is 9. The minimum absolute atomic E-state index is 0.0150. The summed E-state index contributed by atoms with van der Waals surface area (Å²) in [5, 5.41) is 2.67. The monoisotopic (exact) mass is 356 g/mol. The summed E-state index contributed by atoms with van der Waals surface area (Å²) in [6, 6.07) is 17.6. The van der Waals surface area contributed by atoms with Crippen molar-refractivity contribution in [1.29, 1.82) is 0 Å². The van der Waals surface area contributed by atoms with E-state index in [0.29, 0.717) is 18.9 Å². The Bertz CT molecular complexity index is 702. The lowest BCUT2D eigenvalue weighted by Gasteiger charge is -2.17. The van der Waals surface area contributed by atoms with E-state index < -0.39 is 0 Å². The molecule has 2 aromatic carbocycles. The van der Waals surface area contributed by atoms with Gasteiger partial charge < -0.3 is 19.7 Å². The first-order valence-corrected chi connectivity index (χ1v) is 8.38. The molecule has 0 heterocycles. The maximum atomic E-state index is 12.1. The Balaban J connectivity index is 1.78. The number of hydrogen-bond acceptors (Lipinski definition) is 4. The van der Waals surface area contributed by atoms with Crippen LogP contribution in [0, 0.1) is 0 Å². The second-order valence-corrected chi connectivity index (χ2v) is 5.77. The van der Waals surface area contributed by atoms with Gasteiger partial charge in [0.25, 0.3) is 5.91 Å². The van der Waals surface area contributed by atoms with Crippen molar-refractivity contribution in [2.24, 2.45) is 0 Å². The molecule has 0 aliphatic carbocycles. The van der Waals surface area contributed by atoms with Gasteiger partial charge in [-0.1, -0.05) is 42.5 Å². The van der Waals surface area contributed by atoms with Crippen LogP contribution in [0.2, 0.25) is 0 Å². The van der Waals surface area contributed by atoms with Gasteiger partial charge in [0.2, 0.25) is 5.91 Å². The molecule has 0 fully saturated rings. The number of methoxy groups -OCH3 is 1. The Morgan fingerprint density at radius 1 is 1.00 bits per heavy atom. The molecule has 2 amide bonds. The van der Waals surface area contributed by atoms with E-state index in [1.165, 1.54) is 4.90 Å². The molecular formula is C20H24N2O4. The summed E-state index contributed by atoms with van der Waals surface area (Å²) in [5.41, 5.74) is 2.20. The smallest absolute Gasteiger partial charge is 0.260 e. The summed E-state index contributed by atoms with van der Waals surface area (Å²) >= 11 is 0. The van der Waals surface area contributed by atoms with Gasteiger partial charge in [-0.05, 0) is 23.3 Å². The maximum Gasteiger partial charge on any atom is 0.260 e. The molecule has 0 saturated heterocycles. The van der Waals surface area contributed by atoms with Gasteiger partial charge >= 0.3 is 0 Å². The lowest BCUT2D eigenvalue weighted by atomic mass is 10.1. The number of nitrogens with zero attached hydrogens (tertiary/aromatic N) is 1. The zero-order valence-corrected chi connectivity index (χ0v) is 15.1. The van der Waals surface area contributed by atoms with Gasteiger partial charge in [-0.3, -0.25) is 9.59 Å². The number of hydrogen-bond donors (Lipinski definition) is 1. The molecule has 0 saturated carbocycles. The molecule has 0 aromatic heterocycles. The standard InChI is InChI=1S/C20H24N2O4/c1-22(14-19(23)21-12-13-25-2)20(24)15-26-18-10-8-17(9-11-18)16-6-4-3-5-7-16/h3-11H,12-15H2,1-2H3,(H,21,23). The van der Waals surface area contributed by atoms with Crippen molar-refractivity contribution < 1.29 is 19.1 Å². The van der Waals surface area contributed by atoms with Crippen LogP contribution in [0.15, 0.2) is 54.6 Å². The Kier molecular flexibility index (Phi) is 7.64. The SMILES string of the molecule is COCCNC(=O)CN(C)C(=O)COc1ccc(-c2ccccc2)cc1. The fourth-order valence-corrected chi connectivity index (χ4v) is 2.28. The summed E-state index contributed by atoms with van der Waals surface area (Å²) in [7, 11) is 3.13. The maximum absolute atomic E-state index is 12.1. The molecule has 2 rings (SSSR count). The van der Waals surface area contributed by atoms with Crippen LogP contribution in [0.5, 0.6) is 5.75 Å². The van der Waals surface area contributed by atoms with Gasteiger partial charge in [-0.25, -0.2) is 0 Å². The minimum Gasteiger partial charge on any atom is -0.484 e. The average molecular weight is 356 g/mol. The molecule has 6 nitrogen and oxygen atoms in total. The predicted molar refractivity (Wildman–Crippen MR) is 99.9 cm³/mol. The van der Waals surface area contributed by atoms with Crippen LogP contribution in [0.4, 0.5) is 0 Å². The molecule has 0 aliphatic heterocycles. The van der Waals surface area contributed by atoms with Gasteiger partial charge in [0.1, 0.15) is 5.75 Å². The summed E-state index contributed by atoms with van der Waals surface area (Å²) in [5.74, 6) is 0.111. The van der Waals surface area contributed by atoms with Crippen LogP contribution in [0.1, 0.15) is 0 Å². The van der Waals surface area contributed by atoms with E-state index in [-0.39, 0.29) is 25.0 Å². The largest absolute Gasteiger partial charge is 0.484 e. The normalized spacial score (nSPS) is 10.2. The highest BCUT2D eigenvalue weighted by Crippen LogP contribution is 2.21.